The molecule has 7 heteroatoms. The molecule has 26 heavy (non-hydrogen) atoms. The number of nitrogens with zero attached hydrogens (tertiary/aromatic N) is 2. The summed E-state index contributed by atoms with van der Waals surface area (Å²) in [7, 11) is 0. The number of likely N-dealkylation sites (tertiary alicyclic amines) is 1. The monoisotopic (exact) mass is 375 g/mol. The van der Waals surface area contributed by atoms with Crippen LogP contribution >= 0.6 is 11.6 Å². The second-order valence-corrected chi connectivity index (χ2v) is 6.65. The van der Waals surface area contributed by atoms with Gasteiger partial charge in [0.25, 0.3) is 0 Å². The van der Waals surface area contributed by atoms with Gasteiger partial charge in [0.05, 0.1) is 5.02 Å². The van der Waals surface area contributed by atoms with Gasteiger partial charge in [-0.05, 0) is 29.7 Å². The van der Waals surface area contributed by atoms with Crippen molar-refractivity contribution in [2.45, 2.75) is 19.0 Å². The van der Waals surface area contributed by atoms with E-state index in [1.807, 2.05) is 18.2 Å². The van der Waals surface area contributed by atoms with E-state index in [0.29, 0.717) is 16.4 Å². The average Bonchev–Trinajstić information content (AvgIpc) is 3.05. The summed E-state index contributed by atoms with van der Waals surface area (Å²) in [5.74, 6) is -2.35. The Hall–Kier alpha value is -2.44. The number of hydrogen-bond donors (Lipinski definition) is 2. The average molecular weight is 376 g/mol. The van der Waals surface area contributed by atoms with Crippen LogP contribution in [-0.2, 0) is 11.3 Å². The lowest BCUT2D eigenvalue weighted by molar-refractivity contribution is -0.134. The molecule has 1 saturated heterocycles. The molecular formula is C19H19ClFN3O2. The molecule has 0 unspecified atom stereocenters. The molecule has 1 aliphatic heterocycles. The number of aliphatic carboxylic acids is 1. The summed E-state index contributed by atoms with van der Waals surface area (Å²) >= 11 is 6.20. The fraction of sp³-hybridized carbons (Fsp3) is 0.263. The second kappa shape index (κ2) is 8.29. The first-order valence-corrected chi connectivity index (χ1v) is 8.68. The van der Waals surface area contributed by atoms with Crippen LogP contribution in [0.5, 0.6) is 0 Å². The van der Waals surface area contributed by atoms with Crippen molar-refractivity contribution in [1.82, 2.24) is 9.88 Å². The molecule has 1 aromatic heterocycles. The van der Waals surface area contributed by atoms with Crippen LogP contribution in [-0.4, -0.2) is 40.1 Å². The zero-order valence-electron chi connectivity index (χ0n) is 14.0. The first-order valence-electron chi connectivity index (χ1n) is 8.30. The maximum atomic E-state index is 13.2. The second-order valence-electron chi connectivity index (χ2n) is 6.25. The number of rotatable bonds is 6. The zero-order chi connectivity index (χ0) is 18.5. The normalized spacial score (nSPS) is 18.1. The van der Waals surface area contributed by atoms with E-state index in [4.69, 9.17) is 16.7 Å². The lowest BCUT2D eigenvalue weighted by Crippen LogP contribution is -2.26. The van der Waals surface area contributed by atoms with Gasteiger partial charge in [-0.15, -0.1) is 0 Å². The summed E-state index contributed by atoms with van der Waals surface area (Å²) in [6.07, 6.45) is 3.26. The summed E-state index contributed by atoms with van der Waals surface area (Å²) < 4.78 is 13.2. The molecule has 0 spiro atoms. The van der Waals surface area contributed by atoms with Gasteiger partial charge in [-0.25, -0.2) is 9.78 Å². The zero-order valence-corrected chi connectivity index (χ0v) is 14.8. The van der Waals surface area contributed by atoms with E-state index in [-0.39, 0.29) is 6.04 Å². The molecule has 3 rings (SSSR count). The highest BCUT2D eigenvalue weighted by atomic mass is 35.5. The highest BCUT2D eigenvalue weighted by Crippen LogP contribution is 2.24. The van der Waals surface area contributed by atoms with Crippen molar-refractivity contribution in [2.24, 2.45) is 0 Å². The third-order valence-corrected chi connectivity index (χ3v) is 4.51. The Morgan fingerprint density at radius 3 is 2.88 bits per heavy atom. The minimum absolute atomic E-state index is 0.223. The van der Waals surface area contributed by atoms with Crippen molar-refractivity contribution in [2.75, 3.05) is 18.4 Å². The van der Waals surface area contributed by atoms with Gasteiger partial charge in [-0.1, -0.05) is 41.9 Å². The SMILES string of the molecule is O=C(O)/C(F)=C/c1cnc(N[C@@H]2CCN(Cc3ccccc3)C2)c(Cl)c1. The van der Waals surface area contributed by atoms with E-state index < -0.39 is 11.8 Å². The Morgan fingerprint density at radius 2 is 2.19 bits per heavy atom. The third kappa shape index (κ3) is 4.80. The van der Waals surface area contributed by atoms with Crippen LogP contribution < -0.4 is 5.32 Å². The molecule has 1 atom stereocenters. The highest BCUT2D eigenvalue weighted by molar-refractivity contribution is 6.33. The Labute approximate surface area is 156 Å². The number of carboxylic acid groups (broad SMARTS) is 1. The Balaban J connectivity index is 1.59. The first-order chi connectivity index (χ1) is 12.5. The highest BCUT2D eigenvalue weighted by Gasteiger charge is 2.23. The standard InChI is InChI=1S/C19H19ClFN3O2/c20-16-8-14(9-17(21)19(25)26)10-22-18(16)23-15-6-7-24(12-15)11-13-4-2-1-3-5-13/h1-5,8-10,15H,6-7,11-12H2,(H,22,23)(H,25,26)/b17-9-/t15-/m1/s1. The summed E-state index contributed by atoms with van der Waals surface area (Å²) in [4.78, 5) is 17.1. The quantitative estimate of drug-likeness (QED) is 0.751. The molecule has 2 heterocycles. The molecule has 1 fully saturated rings. The predicted molar refractivity (Wildman–Crippen MR) is 99.7 cm³/mol. The third-order valence-electron chi connectivity index (χ3n) is 4.22. The molecule has 0 amide bonds. The van der Waals surface area contributed by atoms with Crippen LogP contribution in [0.1, 0.15) is 17.5 Å². The van der Waals surface area contributed by atoms with Crippen molar-refractivity contribution in [3.05, 3.63) is 64.6 Å². The van der Waals surface area contributed by atoms with Crippen molar-refractivity contribution in [3.8, 4) is 0 Å². The number of carboxylic acids is 1. The van der Waals surface area contributed by atoms with Gasteiger partial charge in [0.15, 0.2) is 0 Å². The van der Waals surface area contributed by atoms with Crippen LogP contribution in [0.3, 0.4) is 0 Å². The van der Waals surface area contributed by atoms with Gasteiger partial charge in [0.2, 0.25) is 5.83 Å². The number of benzene rings is 1. The van der Waals surface area contributed by atoms with Crippen LogP contribution in [0, 0.1) is 0 Å². The minimum Gasteiger partial charge on any atom is -0.476 e. The van der Waals surface area contributed by atoms with Crippen molar-refractivity contribution < 1.29 is 14.3 Å². The van der Waals surface area contributed by atoms with Crippen molar-refractivity contribution in [3.63, 3.8) is 0 Å². The topological polar surface area (TPSA) is 65.5 Å². The lowest BCUT2D eigenvalue weighted by atomic mass is 10.2. The summed E-state index contributed by atoms with van der Waals surface area (Å²) in [5.41, 5.74) is 1.58. The smallest absolute Gasteiger partial charge is 0.364 e. The number of aromatic nitrogens is 1. The molecule has 1 aliphatic rings. The van der Waals surface area contributed by atoms with E-state index in [2.05, 4.69) is 27.3 Å². The van der Waals surface area contributed by atoms with Crippen LogP contribution in [0.2, 0.25) is 5.02 Å². The Morgan fingerprint density at radius 1 is 1.42 bits per heavy atom. The van der Waals surface area contributed by atoms with Gasteiger partial charge >= 0.3 is 5.97 Å². The lowest BCUT2D eigenvalue weighted by Gasteiger charge is -2.17. The molecule has 1 aromatic carbocycles. The van der Waals surface area contributed by atoms with Crippen LogP contribution in [0.25, 0.3) is 6.08 Å². The number of carbonyl (C=O) groups is 1. The molecule has 0 radical (unpaired) electrons. The number of halogens is 2. The Bertz CT molecular complexity index is 814. The van der Waals surface area contributed by atoms with Gasteiger partial charge in [0, 0.05) is 31.9 Å². The summed E-state index contributed by atoms with van der Waals surface area (Å²) in [6, 6.07) is 12.0. The number of nitrogens with one attached hydrogen (secondary N) is 1. The molecule has 0 bridgehead atoms. The van der Waals surface area contributed by atoms with Crippen molar-refractivity contribution >= 4 is 29.5 Å². The van der Waals surface area contributed by atoms with E-state index >= 15 is 0 Å². The fourth-order valence-corrected chi connectivity index (χ4v) is 3.20. The Kier molecular flexibility index (Phi) is 5.85. The van der Waals surface area contributed by atoms with Crippen LogP contribution in [0.4, 0.5) is 10.2 Å². The van der Waals surface area contributed by atoms with E-state index in [1.54, 1.807) is 0 Å². The fourth-order valence-electron chi connectivity index (χ4n) is 2.97. The number of anilines is 1. The van der Waals surface area contributed by atoms with E-state index in [9.17, 15) is 9.18 Å². The number of hydrogen-bond acceptors (Lipinski definition) is 4. The molecule has 136 valence electrons. The van der Waals surface area contributed by atoms with Gasteiger partial charge in [-0.2, -0.15) is 4.39 Å². The summed E-state index contributed by atoms with van der Waals surface area (Å²) in [5, 5.41) is 12.2. The number of pyridine rings is 1. The molecule has 2 aromatic rings. The molecule has 5 nitrogen and oxygen atoms in total. The van der Waals surface area contributed by atoms with Gasteiger partial charge in [0.1, 0.15) is 5.82 Å². The van der Waals surface area contributed by atoms with E-state index in [0.717, 1.165) is 32.1 Å². The maximum absolute atomic E-state index is 13.2. The first kappa shape index (κ1) is 18.4. The van der Waals surface area contributed by atoms with Crippen LogP contribution in [0.15, 0.2) is 48.4 Å². The molecule has 2 N–H and O–H groups in total. The van der Waals surface area contributed by atoms with Crippen molar-refractivity contribution in [1.29, 1.82) is 0 Å². The molecular weight excluding hydrogens is 357 g/mol. The molecule has 0 aliphatic carbocycles. The predicted octanol–water partition coefficient (Wildman–Crippen LogP) is 3.82. The summed E-state index contributed by atoms with van der Waals surface area (Å²) in [6.45, 7) is 2.76. The molecule has 0 saturated carbocycles. The minimum atomic E-state index is -1.62. The van der Waals surface area contributed by atoms with Gasteiger partial charge < -0.3 is 10.4 Å². The maximum Gasteiger partial charge on any atom is 0.364 e. The van der Waals surface area contributed by atoms with E-state index in [1.165, 1.54) is 17.8 Å². The largest absolute Gasteiger partial charge is 0.476 e. The van der Waals surface area contributed by atoms with Gasteiger partial charge in [-0.3, -0.25) is 4.90 Å².